The highest BCUT2D eigenvalue weighted by Gasteiger charge is 2.16. The Kier molecular flexibility index (Phi) is 4.36. The van der Waals surface area contributed by atoms with Crippen molar-refractivity contribution < 1.29 is 0 Å². The quantitative estimate of drug-likeness (QED) is 0.870. The molecule has 0 bridgehead atoms. The Balaban J connectivity index is 2.90. The number of hydrogen-bond acceptors (Lipinski definition) is 2. The van der Waals surface area contributed by atoms with Crippen LogP contribution in [0.5, 0.6) is 0 Å². The molecular weight excluding hydrogens is 210 g/mol. The molecule has 0 aliphatic heterocycles. The van der Waals surface area contributed by atoms with Crippen LogP contribution in [0.1, 0.15) is 64.0 Å². The molecule has 0 amide bonds. The SMILES string of the molecule is CCC(C)n1nc(C)c(CNC(C)(C)C)c1C. The van der Waals surface area contributed by atoms with E-state index in [1.807, 2.05) is 0 Å². The lowest BCUT2D eigenvalue weighted by molar-refractivity contribution is 0.422. The third-order valence-electron chi connectivity index (χ3n) is 3.28. The lowest BCUT2D eigenvalue weighted by Gasteiger charge is -2.20. The minimum atomic E-state index is 0.150. The molecule has 0 aliphatic carbocycles. The van der Waals surface area contributed by atoms with Crippen molar-refractivity contribution in [2.24, 2.45) is 0 Å². The predicted octanol–water partition coefficient (Wildman–Crippen LogP) is 3.36. The van der Waals surface area contributed by atoms with E-state index in [9.17, 15) is 0 Å². The molecule has 3 heteroatoms. The molecule has 1 unspecified atom stereocenters. The summed E-state index contributed by atoms with van der Waals surface area (Å²) in [5, 5.41) is 8.20. The molecule has 1 rings (SSSR count). The Bertz CT molecular complexity index is 372. The van der Waals surface area contributed by atoms with Crippen LogP contribution in [0.4, 0.5) is 0 Å². The molecule has 0 fully saturated rings. The Morgan fingerprint density at radius 1 is 1.29 bits per heavy atom. The fourth-order valence-corrected chi connectivity index (χ4v) is 1.91. The van der Waals surface area contributed by atoms with Crippen LogP contribution in [0.15, 0.2) is 0 Å². The summed E-state index contributed by atoms with van der Waals surface area (Å²) in [7, 11) is 0. The van der Waals surface area contributed by atoms with Crippen LogP contribution < -0.4 is 5.32 Å². The monoisotopic (exact) mass is 237 g/mol. The summed E-state index contributed by atoms with van der Waals surface area (Å²) in [5.74, 6) is 0. The summed E-state index contributed by atoms with van der Waals surface area (Å²) >= 11 is 0. The zero-order chi connectivity index (χ0) is 13.2. The van der Waals surface area contributed by atoms with Gasteiger partial charge < -0.3 is 5.32 Å². The number of aryl methyl sites for hydroxylation is 1. The molecule has 17 heavy (non-hydrogen) atoms. The fourth-order valence-electron chi connectivity index (χ4n) is 1.91. The largest absolute Gasteiger partial charge is 0.308 e. The molecule has 98 valence electrons. The molecule has 0 saturated carbocycles. The highest BCUT2D eigenvalue weighted by molar-refractivity contribution is 5.25. The number of nitrogens with one attached hydrogen (secondary N) is 1. The van der Waals surface area contributed by atoms with E-state index in [1.165, 1.54) is 11.3 Å². The van der Waals surface area contributed by atoms with Crippen molar-refractivity contribution in [2.45, 2.75) is 73.0 Å². The van der Waals surface area contributed by atoms with Gasteiger partial charge in [0.1, 0.15) is 0 Å². The molecule has 3 nitrogen and oxygen atoms in total. The molecule has 1 atom stereocenters. The number of rotatable bonds is 4. The second kappa shape index (κ2) is 5.21. The van der Waals surface area contributed by atoms with Gasteiger partial charge in [0.2, 0.25) is 0 Å². The van der Waals surface area contributed by atoms with Crippen molar-refractivity contribution in [2.75, 3.05) is 0 Å². The summed E-state index contributed by atoms with van der Waals surface area (Å²) in [6.07, 6.45) is 1.12. The van der Waals surface area contributed by atoms with Crippen LogP contribution in [-0.4, -0.2) is 15.3 Å². The average molecular weight is 237 g/mol. The maximum absolute atomic E-state index is 4.66. The van der Waals surface area contributed by atoms with Crippen LogP contribution in [-0.2, 0) is 6.54 Å². The van der Waals surface area contributed by atoms with Crippen molar-refractivity contribution in [3.63, 3.8) is 0 Å². The van der Waals surface area contributed by atoms with Crippen LogP contribution in [0, 0.1) is 13.8 Å². The highest BCUT2D eigenvalue weighted by Crippen LogP contribution is 2.19. The second-order valence-electron chi connectivity index (χ2n) is 5.95. The van der Waals surface area contributed by atoms with E-state index in [0.717, 1.165) is 18.7 Å². The van der Waals surface area contributed by atoms with Gasteiger partial charge in [-0.2, -0.15) is 5.10 Å². The highest BCUT2D eigenvalue weighted by atomic mass is 15.3. The number of nitrogens with zero attached hydrogens (tertiary/aromatic N) is 2. The van der Waals surface area contributed by atoms with E-state index in [1.54, 1.807) is 0 Å². The van der Waals surface area contributed by atoms with Gasteiger partial charge >= 0.3 is 0 Å². The van der Waals surface area contributed by atoms with Gasteiger partial charge in [-0.1, -0.05) is 6.92 Å². The van der Waals surface area contributed by atoms with Crippen molar-refractivity contribution in [1.82, 2.24) is 15.1 Å². The summed E-state index contributed by atoms with van der Waals surface area (Å²) < 4.78 is 2.16. The first kappa shape index (κ1) is 14.2. The van der Waals surface area contributed by atoms with E-state index in [2.05, 4.69) is 63.6 Å². The van der Waals surface area contributed by atoms with Crippen molar-refractivity contribution in [3.8, 4) is 0 Å². The molecule has 0 aromatic carbocycles. The number of hydrogen-bond donors (Lipinski definition) is 1. The van der Waals surface area contributed by atoms with Gasteiger partial charge in [0, 0.05) is 29.4 Å². The lowest BCUT2D eigenvalue weighted by Crippen LogP contribution is -2.35. The fraction of sp³-hybridized carbons (Fsp3) is 0.786. The third kappa shape index (κ3) is 3.56. The minimum Gasteiger partial charge on any atom is -0.308 e. The molecule has 1 aromatic rings. The molecule has 0 saturated heterocycles. The second-order valence-corrected chi connectivity index (χ2v) is 5.95. The van der Waals surface area contributed by atoms with Gasteiger partial charge in [0.15, 0.2) is 0 Å². The summed E-state index contributed by atoms with van der Waals surface area (Å²) in [6.45, 7) is 16.2. The van der Waals surface area contributed by atoms with Crippen LogP contribution in [0.3, 0.4) is 0 Å². The molecule has 1 aromatic heterocycles. The molecular formula is C14H27N3. The first-order valence-electron chi connectivity index (χ1n) is 6.56. The van der Waals surface area contributed by atoms with Gasteiger partial charge in [-0.15, -0.1) is 0 Å². The summed E-state index contributed by atoms with van der Waals surface area (Å²) in [4.78, 5) is 0. The van der Waals surface area contributed by atoms with Crippen molar-refractivity contribution in [3.05, 3.63) is 17.0 Å². The van der Waals surface area contributed by atoms with E-state index >= 15 is 0 Å². The smallest absolute Gasteiger partial charge is 0.0641 e. The van der Waals surface area contributed by atoms with Crippen LogP contribution in [0.25, 0.3) is 0 Å². The Hall–Kier alpha value is -0.830. The Labute approximate surface area is 106 Å². The molecule has 1 N–H and O–H groups in total. The van der Waals surface area contributed by atoms with Crippen LogP contribution in [0.2, 0.25) is 0 Å². The van der Waals surface area contributed by atoms with Gasteiger partial charge in [-0.3, -0.25) is 4.68 Å². The van der Waals surface area contributed by atoms with Crippen molar-refractivity contribution in [1.29, 1.82) is 0 Å². The first-order valence-corrected chi connectivity index (χ1v) is 6.56. The van der Waals surface area contributed by atoms with Gasteiger partial charge in [-0.25, -0.2) is 0 Å². The first-order chi connectivity index (χ1) is 7.76. The topological polar surface area (TPSA) is 29.9 Å². The van der Waals surface area contributed by atoms with Gasteiger partial charge in [0.05, 0.1) is 5.69 Å². The Morgan fingerprint density at radius 3 is 2.35 bits per heavy atom. The minimum absolute atomic E-state index is 0.150. The zero-order valence-corrected chi connectivity index (χ0v) is 12.4. The lowest BCUT2D eigenvalue weighted by atomic mass is 10.1. The third-order valence-corrected chi connectivity index (χ3v) is 3.28. The van der Waals surface area contributed by atoms with Crippen LogP contribution >= 0.6 is 0 Å². The normalized spacial score (nSPS) is 14.1. The van der Waals surface area contributed by atoms with E-state index < -0.39 is 0 Å². The molecule has 0 aliphatic rings. The van der Waals surface area contributed by atoms with E-state index in [-0.39, 0.29) is 5.54 Å². The van der Waals surface area contributed by atoms with Gasteiger partial charge in [-0.05, 0) is 48.0 Å². The number of aromatic nitrogens is 2. The van der Waals surface area contributed by atoms with Crippen molar-refractivity contribution >= 4 is 0 Å². The van der Waals surface area contributed by atoms with Gasteiger partial charge in [0.25, 0.3) is 0 Å². The average Bonchev–Trinajstić information content (AvgIpc) is 2.49. The Morgan fingerprint density at radius 2 is 1.88 bits per heavy atom. The molecule has 0 spiro atoms. The maximum atomic E-state index is 4.66. The van der Waals surface area contributed by atoms with E-state index in [0.29, 0.717) is 6.04 Å². The summed E-state index contributed by atoms with van der Waals surface area (Å²) in [6, 6.07) is 0.483. The van der Waals surface area contributed by atoms with E-state index in [4.69, 9.17) is 0 Å². The summed E-state index contributed by atoms with van der Waals surface area (Å²) in [5.41, 5.74) is 3.95. The molecule has 0 radical (unpaired) electrons. The molecule has 1 heterocycles. The standard InChI is InChI=1S/C14H27N3/c1-8-10(2)17-12(4)13(11(3)16-17)9-15-14(5,6)7/h10,15H,8-9H2,1-7H3. The predicted molar refractivity (Wildman–Crippen MR) is 73.3 cm³/mol. The zero-order valence-electron chi connectivity index (χ0n) is 12.4. The maximum Gasteiger partial charge on any atom is 0.0641 e.